The lowest BCUT2D eigenvalue weighted by Gasteiger charge is -2.27. The van der Waals surface area contributed by atoms with Gasteiger partial charge in [-0.2, -0.15) is 0 Å². The number of piperidine rings is 1. The minimum atomic E-state index is -0.611. The molecule has 124 valence electrons. The van der Waals surface area contributed by atoms with Crippen LogP contribution in [0, 0.1) is 0 Å². The molecule has 1 aliphatic heterocycles. The topological polar surface area (TPSA) is 58.6 Å². The number of hydrogen-bond acceptors (Lipinski definition) is 3. The van der Waals surface area contributed by atoms with Crippen molar-refractivity contribution in [1.29, 1.82) is 0 Å². The summed E-state index contributed by atoms with van der Waals surface area (Å²) in [4.78, 5) is 26.6. The lowest BCUT2D eigenvalue weighted by molar-refractivity contribution is 0.0725. The molecule has 1 N–H and O–H groups in total. The maximum absolute atomic E-state index is 12.7. The predicted octanol–water partition coefficient (Wildman–Crippen LogP) is 3.92. The van der Waals surface area contributed by atoms with Crippen LogP contribution in [0.15, 0.2) is 54.6 Å². The van der Waals surface area contributed by atoms with Gasteiger partial charge in [-0.15, -0.1) is 0 Å². The SMILES string of the molecule is O=C(Nc1ccccc1C(=O)N1CCCCC1)Oc1ccccc1. The Kier molecular flexibility index (Phi) is 5.11. The Morgan fingerprint density at radius 1 is 0.875 bits per heavy atom. The highest BCUT2D eigenvalue weighted by Gasteiger charge is 2.21. The number of likely N-dealkylation sites (tertiary alicyclic amines) is 1. The third-order valence-corrected chi connectivity index (χ3v) is 3.99. The molecular weight excluding hydrogens is 304 g/mol. The van der Waals surface area contributed by atoms with E-state index in [1.54, 1.807) is 48.5 Å². The Bertz CT molecular complexity index is 710. The van der Waals surface area contributed by atoms with E-state index in [4.69, 9.17) is 4.74 Å². The summed E-state index contributed by atoms with van der Waals surface area (Å²) in [6, 6.07) is 15.8. The average molecular weight is 324 g/mol. The van der Waals surface area contributed by atoms with E-state index in [-0.39, 0.29) is 5.91 Å². The summed E-state index contributed by atoms with van der Waals surface area (Å²) in [6.07, 6.45) is 2.60. The van der Waals surface area contributed by atoms with Gasteiger partial charge in [0.2, 0.25) is 0 Å². The van der Waals surface area contributed by atoms with Crippen LogP contribution in [0.3, 0.4) is 0 Å². The number of nitrogens with zero attached hydrogens (tertiary/aromatic N) is 1. The van der Waals surface area contributed by atoms with Crippen molar-refractivity contribution in [3.05, 3.63) is 60.2 Å². The maximum Gasteiger partial charge on any atom is 0.417 e. The van der Waals surface area contributed by atoms with Crippen LogP contribution >= 0.6 is 0 Å². The molecule has 5 heteroatoms. The number of ether oxygens (including phenoxy) is 1. The van der Waals surface area contributed by atoms with Crippen LogP contribution in [-0.4, -0.2) is 30.0 Å². The number of carbonyl (C=O) groups excluding carboxylic acids is 2. The summed E-state index contributed by atoms with van der Waals surface area (Å²) in [7, 11) is 0. The van der Waals surface area contributed by atoms with Gasteiger partial charge in [-0.3, -0.25) is 10.1 Å². The first-order valence-electron chi connectivity index (χ1n) is 8.16. The zero-order valence-electron chi connectivity index (χ0n) is 13.4. The minimum absolute atomic E-state index is 0.0506. The summed E-state index contributed by atoms with van der Waals surface area (Å²) >= 11 is 0. The van der Waals surface area contributed by atoms with E-state index in [0.29, 0.717) is 17.0 Å². The van der Waals surface area contributed by atoms with Gasteiger partial charge in [0.15, 0.2) is 0 Å². The number of anilines is 1. The van der Waals surface area contributed by atoms with E-state index in [9.17, 15) is 9.59 Å². The van der Waals surface area contributed by atoms with Crippen molar-refractivity contribution in [2.75, 3.05) is 18.4 Å². The van der Waals surface area contributed by atoms with Crippen LogP contribution < -0.4 is 10.1 Å². The fourth-order valence-corrected chi connectivity index (χ4v) is 2.78. The quantitative estimate of drug-likeness (QED) is 0.931. The zero-order valence-corrected chi connectivity index (χ0v) is 13.4. The first kappa shape index (κ1) is 16.1. The first-order chi connectivity index (χ1) is 11.7. The zero-order chi connectivity index (χ0) is 16.8. The van der Waals surface area contributed by atoms with Crippen LogP contribution in [-0.2, 0) is 0 Å². The Balaban J connectivity index is 1.71. The van der Waals surface area contributed by atoms with Crippen molar-refractivity contribution in [2.24, 2.45) is 0 Å². The summed E-state index contributed by atoms with van der Waals surface area (Å²) in [5.41, 5.74) is 0.957. The second kappa shape index (κ2) is 7.64. The molecule has 0 saturated carbocycles. The molecule has 0 atom stereocenters. The van der Waals surface area contributed by atoms with E-state index in [2.05, 4.69) is 5.32 Å². The largest absolute Gasteiger partial charge is 0.417 e. The molecule has 0 unspecified atom stereocenters. The fraction of sp³-hybridized carbons (Fsp3) is 0.263. The molecule has 1 saturated heterocycles. The second-order valence-corrected chi connectivity index (χ2v) is 5.73. The molecule has 0 spiro atoms. The fourth-order valence-electron chi connectivity index (χ4n) is 2.78. The van der Waals surface area contributed by atoms with Gasteiger partial charge in [0.1, 0.15) is 5.75 Å². The number of carbonyl (C=O) groups is 2. The Morgan fingerprint density at radius 3 is 2.29 bits per heavy atom. The third kappa shape index (κ3) is 3.93. The molecule has 0 bridgehead atoms. The molecule has 2 amide bonds. The van der Waals surface area contributed by atoms with Crippen molar-refractivity contribution in [2.45, 2.75) is 19.3 Å². The van der Waals surface area contributed by atoms with Crippen molar-refractivity contribution in [3.63, 3.8) is 0 Å². The van der Waals surface area contributed by atoms with Crippen molar-refractivity contribution in [1.82, 2.24) is 4.90 Å². The highest BCUT2D eigenvalue weighted by atomic mass is 16.6. The first-order valence-corrected chi connectivity index (χ1v) is 8.16. The molecule has 2 aromatic carbocycles. The molecule has 2 aromatic rings. The molecule has 24 heavy (non-hydrogen) atoms. The number of para-hydroxylation sites is 2. The van der Waals surface area contributed by atoms with E-state index >= 15 is 0 Å². The lowest BCUT2D eigenvalue weighted by Crippen LogP contribution is -2.36. The smallest absolute Gasteiger partial charge is 0.410 e. The number of benzene rings is 2. The molecular formula is C19H20N2O3. The van der Waals surface area contributed by atoms with E-state index in [0.717, 1.165) is 32.4 Å². The number of nitrogens with one attached hydrogen (secondary N) is 1. The number of hydrogen-bond donors (Lipinski definition) is 1. The van der Waals surface area contributed by atoms with Gasteiger partial charge < -0.3 is 9.64 Å². The van der Waals surface area contributed by atoms with Crippen molar-refractivity contribution < 1.29 is 14.3 Å². The average Bonchev–Trinajstić information content (AvgIpc) is 2.63. The van der Waals surface area contributed by atoms with Gasteiger partial charge >= 0.3 is 6.09 Å². The highest BCUT2D eigenvalue weighted by molar-refractivity contribution is 6.02. The predicted molar refractivity (Wildman–Crippen MR) is 92.3 cm³/mol. The number of amides is 2. The van der Waals surface area contributed by atoms with Crippen LogP contribution in [0.5, 0.6) is 5.75 Å². The molecule has 1 heterocycles. The number of rotatable bonds is 3. The molecule has 0 aliphatic carbocycles. The van der Waals surface area contributed by atoms with Gasteiger partial charge in [0.05, 0.1) is 11.3 Å². The summed E-state index contributed by atoms with van der Waals surface area (Å²) in [5.74, 6) is 0.403. The van der Waals surface area contributed by atoms with Gasteiger partial charge in [0, 0.05) is 13.1 Å². The van der Waals surface area contributed by atoms with Gasteiger partial charge in [-0.1, -0.05) is 30.3 Å². The molecule has 1 fully saturated rings. The summed E-state index contributed by atoms with van der Waals surface area (Å²) in [5, 5.41) is 2.67. The highest BCUT2D eigenvalue weighted by Crippen LogP contribution is 2.20. The van der Waals surface area contributed by atoms with Crippen LogP contribution in [0.1, 0.15) is 29.6 Å². The normalized spacial score (nSPS) is 14.1. The Hall–Kier alpha value is -2.82. The third-order valence-electron chi connectivity index (χ3n) is 3.99. The van der Waals surface area contributed by atoms with Crippen molar-refractivity contribution in [3.8, 4) is 5.75 Å². The van der Waals surface area contributed by atoms with Gasteiger partial charge in [0.25, 0.3) is 5.91 Å². The molecule has 3 rings (SSSR count). The van der Waals surface area contributed by atoms with Gasteiger partial charge in [-0.05, 0) is 43.5 Å². The standard InChI is InChI=1S/C19H20N2O3/c22-18(21-13-7-2-8-14-21)16-11-5-6-12-17(16)20-19(23)24-15-9-3-1-4-10-15/h1,3-6,9-12H,2,7-8,13-14H2,(H,20,23). The summed E-state index contributed by atoms with van der Waals surface area (Å²) in [6.45, 7) is 1.53. The van der Waals surface area contributed by atoms with Gasteiger partial charge in [-0.25, -0.2) is 4.79 Å². The monoisotopic (exact) mass is 324 g/mol. The van der Waals surface area contributed by atoms with E-state index in [1.807, 2.05) is 11.0 Å². The van der Waals surface area contributed by atoms with Crippen molar-refractivity contribution >= 4 is 17.7 Å². The summed E-state index contributed by atoms with van der Waals surface area (Å²) < 4.78 is 5.22. The van der Waals surface area contributed by atoms with Crippen LogP contribution in [0.25, 0.3) is 0 Å². The molecule has 0 aromatic heterocycles. The van der Waals surface area contributed by atoms with Crippen LogP contribution in [0.4, 0.5) is 10.5 Å². The molecule has 5 nitrogen and oxygen atoms in total. The van der Waals surface area contributed by atoms with Crippen LogP contribution in [0.2, 0.25) is 0 Å². The Morgan fingerprint density at radius 2 is 1.54 bits per heavy atom. The van der Waals surface area contributed by atoms with E-state index < -0.39 is 6.09 Å². The minimum Gasteiger partial charge on any atom is -0.410 e. The molecule has 0 radical (unpaired) electrons. The lowest BCUT2D eigenvalue weighted by atomic mass is 10.1. The Labute approximate surface area is 141 Å². The second-order valence-electron chi connectivity index (χ2n) is 5.73. The maximum atomic E-state index is 12.7. The molecule has 1 aliphatic rings. The van der Waals surface area contributed by atoms with E-state index in [1.165, 1.54) is 0 Å².